The van der Waals surface area contributed by atoms with Crippen LogP contribution < -0.4 is 14.8 Å². The smallest absolute Gasteiger partial charge is 0.261 e. The Hall–Kier alpha value is -2.54. The fraction of sp³-hybridized carbons (Fsp3) is 0.462. The number of methoxy groups -OCH3 is 1. The van der Waals surface area contributed by atoms with Crippen LogP contribution in [0.5, 0.6) is 11.5 Å². The number of carbonyl (C=O) groups is 2. The first kappa shape index (κ1) is 25.1. The molecule has 1 aliphatic carbocycles. The van der Waals surface area contributed by atoms with E-state index in [9.17, 15) is 9.59 Å². The Morgan fingerprint density at radius 1 is 1.15 bits per heavy atom. The molecule has 1 N–H and O–H groups in total. The standard InChI is InChI=1S/C26H33BrN2O4/c1-4-19-12-13-24(23(27)15-19)33-17-25(30)29(16-20-8-7-11-22(14-20)32-3)18(2)26(31)28-21-9-5-6-10-21/h7-8,11-15,18,21H,4-6,9-10,16-17H2,1-3H3,(H,28,31). The van der Waals surface area contributed by atoms with Gasteiger partial charge in [0.25, 0.3) is 5.91 Å². The van der Waals surface area contributed by atoms with E-state index in [1.54, 1.807) is 18.9 Å². The van der Waals surface area contributed by atoms with E-state index in [4.69, 9.17) is 9.47 Å². The van der Waals surface area contributed by atoms with Gasteiger partial charge in [0.15, 0.2) is 6.61 Å². The van der Waals surface area contributed by atoms with E-state index in [1.165, 1.54) is 5.56 Å². The average molecular weight is 517 g/mol. The van der Waals surface area contributed by atoms with Gasteiger partial charge >= 0.3 is 0 Å². The third-order valence-electron chi connectivity index (χ3n) is 6.11. The Bertz CT molecular complexity index is 959. The Morgan fingerprint density at radius 3 is 2.58 bits per heavy atom. The van der Waals surface area contributed by atoms with Crippen molar-refractivity contribution in [3.05, 3.63) is 58.1 Å². The topological polar surface area (TPSA) is 67.9 Å². The molecule has 2 aromatic rings. The Kier molecular flexibility index (Phi) is 9.18. The highest BCUT2D eigenvalue weighted by Crippen LogP contribution is 2.26. The molecule has 1 fully saturated rings. The predicted molar refractivity (Wildman–Crippen MR) is 132 cm³/mol. The van der Waals surface area contributed by atoms with Gasteiger partial charge in [0.1, 0.15) is 17.5 Å². The van der Waals surface area contributed by atoms with E-state index < -0.39 is 6.04 Å². The second kappa shape index (κ2) is 12.1. The average Bonchev–Trinajstić information content (AvgIpc) is 3.34. The number of hydrogen-bond acceptors (Lipinski definition) is 4. The summed E-state index contributed by atoms with van der Waals surface area (Å²) in [5, 5.41) is 3.11. The summed E-state index contributed by atoms with van der Waals surface area (Å²) < 4.78 is 12.0. The third kappa shape index (κ3) is 6.97. The van der Waals surface area contributed by atoms with E-state index in [0.29, 0.717) is 11.5 Å². The van der Waals surface area contributed by atoms with Crippen LogP contribution in [-0.2, 0) is 22.6 Å². The molecule has 6 nitrogen and oxygen atoms in total. The van der Waals surface area contributed by atoms with Crippen LogP contribution in [0.25, 0.3) is 0 Å². The van der Waals surface area contributed by atoms with Gasteiger partial charge in [-0.1, -0.05) is 38.0 Å². The number of carbonyl (C=O) groups excluding carboxylic acids is 2. The molecular formula is C26H33BrN2O4. The van der Waals surface area contributed by atoms with E-state index in [1.807, 2.05) is 42.5 Å². The first-order chi connectivity index (χ1) is 15.9. The first-order valence-electron chi connectivity index (χ1n) is 11.5. The fourth-order valence-electron chi connectivity index (χ4n) is 4.05. The minimum Gasteiger partial charge on any atom is -0.497 e. The summed E-state index contributed by atoms with van der Waals surface area (Å²) in [5.74, 6) is 0.925. The first-order valence-corrected chi connectivity index (χ1v) is 12.3. The summed E-state index contributed by atoms with van der Waals surface area (Å²) >= 11 is 3.52. The van der Waals surface area contributed by atoms with Crippen molar-refractivity contribution in [1.29, 1.82) is 0 Å². The number of aryl methyl sites for hydroxylation is 1. The molecular weight excluding hydrogens is 484 g/mol. The van der Waals surface area contributed by atoms with Crippen LogP contribution in [-0.4, -0.2) is 42.5 Å². The maximum absolute atomic E-state index is 13.3. The lowest BCUT2D eigenvalue weighted by Crippen LogP contribution is -2.50. The van der Waals surface area contributed by atoms with Crippen molar-refractivity contribution >= 4 is 27.7 Å². The molecule has 1 unspecified atom stereocenters. The Morgan fingerprint density at radius 2 is 1.91 bits per heavy atom. The van der Waals surface area contributed by atoms with Crippen molar-refractivity contribution in [3.8, 4) is 11.5 Å². The van der Waals surface area contributed by atoms with Crippen LogP contribution in [0.1, 0.15) is 50.7 Å². The maximum atomic E-state index is 13.3. The number of rotatable bonds is 10. The van der Waals surface area contributed by atoms with E-state index in [-0.39, 0.29) is 31.0 Å². The van der Waals surface area contributed by atoms with Crippen LogP contribution >= 0.6 is 15.9 Å². The summed E-state index contributed by atoms with van der Waals surface area (Å²) in [5.41, 5.74) is 2.06. The number of ether oxygens (including phenoxy) is 2. The normalized spacial score (nSPS) is 14.5. The molecule has 0 aliphatic heterocycles. The number of benzene rings is 2. The van der Waals surface area contributed by atoms with Gasteiger partial charge in [0, 0.05) is 12.6 Å². The zero-order chi connectivity index (χ0) is 23.8. The molecule has 0 aromatic heterocycles. The lowest BCUT2D eigenvalue weighted by molar-refractivity contribution is -0.142. The van der Waals surface area contributed by atoms with Gasteiger partial charge in [0.05, 0.1) is 11.6 Å². The summed E-state index contributed by atoms with van der Waals surface area (Å²) in [4.78, 5) is 27.8. The molecule has 2 amide bonds. The van der Waals surface area contributed by atoms with Gasteiger partial charge in [-0.3, -0.25) is 9.59 Å². The second-order valence-electron chi connectivity index (χ2n) is 8.45. The summed E-state index contributed by atoms with van der Waals surface area (Å²) in [6.07, 6.45) is 5.16. The minimum atomic E-state index is -0.626. The predicted octanol–water partition coefficient (Wildman–Crippen LogP) is 4.88. The highest BCUT2D eigenvalue weighted by molar-refractivity contribution is 9.10. The number of amides is 2. The molecule has 1 atom stereocenters. The molecule has 178 valence electrons. The van der Waals surface area contributed by atoms with Crippen molar-refractivity contribution in [3.63, 3.8) is 0 Å². The molecule has 7 heteroatoms. The SMILES string of the molecule is CCc1ccc(OCC(=O)N(Cc2cccc(OC)c2)C(C)C(=O)NC2CCCC2)c(Br)c1. The largest absolute Gasteiger partial charge is 0.497 e. The Labute approximate surface area is 204 Å². The van der Waals surface area contributed by atoms with Crippen molar-refractivity contribution in [2.45, 2.75) is 64.6 Å². The lowest BCUT2D eigenvalue weighted by Gasteiger charge is -2.30. The highest BCUT2D eigenvalue weighted by atomic mass is 79.9. The monoisotopic (exact) mass is 516 g/mol. The van der Waals surface area contributed by atoms with Crippen molar-refractivity contribution in [2.24, 2.45) is 0 Å². The van der Waals surface area contributed by atoms with Crippen LogP contribution in [0.3, 0.4) is 0 Å². The van der Waals surface area contributed by atoms with Crippen LogP contribution in [0.15, 0.2) is 46.9 Å². The third-order valence-corrected chi connectivity index (χ3v) is 6.73. The maximum Gasteiger partial charge on any atom is 0.261 e. The number of nitrogens with zero attached hydrogens (tertiary/aromatic N) is 1. The van der Waals surface area contributed by atoms with Gasteiger partial charge in [-0.15, -0.1) is 0 Å². The molecule has 0 radical (unpaired) electrons. The van der Waals surface area contributed by atoms with Crippen LogP contribution in [0.2, 0.25) is 0 Å². The molecule has 0 spiro atoms. The molecule has 33 heavy (non-hydrogen) atoms. The van der Waals surface area contributed by atoms with Crippen molar-refractivity contribution in [1.82, 2.24) is 10.2 Å². The van der Waals surface area contributed by atoms with E-state index in [0.717, 1.165) is 42.1 Å². The van der Waals surface area contributed by atoms with E-state index in [2.05, 4.69) is 28.2 Å². The quantitative estimate of drug-likeness (QED) is 0.488. The van der Waals surface area contributed by atoms with Gasteiger partial charge in [-0.25, -0.2) is 0 Å². The molecule has 0 saturated heterocycles. The molecule has 1 saturated carbocycles. The fourth-order valence-corrected chi connectivity index (χ4v) is 4.59. The molecule has 1 aliphatic rings. The number of hydrogen-bond donors (Lipinski definition) is 1. The van der Waals surface area contributed by atoms with E-state index >= 15 is 0 Å². The van der Waals surface area contributed by atoms with Crippen molar-refractivity contribution in [2.75, 3.05) is 13.7 Å². The van der Waals surface area contributed by atoms with Crippen molar-refractivity contribution < 1.29 is 19.1 Å². The lowest BCUT2D eigenvalue weighted by atomic mass is 10.1. The molecule has 2 aromatic carbocycles. The van der Waals surface area contributed by atoms with Gasteiger partial charge in [-0.2, -0.15) is 0 Å². The van der Waals surface area contributed by atoms with Crippen LogP contribution in [0.4, 0.5) is 0 Å². The zero-order valence-electron chi connectivity index (χ0n) is 19.6. The summed E-state index contributed by atoms with van der Waals surface area (Å²) in [6.45, 7) is 3.98. The zero-order valence-corrected chi connectivity index (χ0v) is 21.2. The molecule has 0 bridgehead atoms. The second-order valence-corrected chi connectivity index (χ2v) is 9.30. The highest BCUT2D eigenvalue weighted by Gasteiger charge is 2.29. The number of nitrogens with one attached hydrogen (secondary N) is 1. The van der Waals surface area contributed by atoms with Crippen LogP contribution in [0, 0.1) is 0 Å². The summed E-state index contributed by atoms with van der Waals surface area (Å²) in [7, 11) is 1.61. The van der Waals surface area contributed by atoms with Gasteiger partial charge < -0.3 is 19.7 Å². The van der Waals surface area contributed by atoms with Gasteiger partial charge in [0.2, 0.25) is 5.91 Å². The van der Waals surface area contributed by atoms with Gasteiger partial charge in [-0.05, 0) is 77.5 Å². The minimum absolute atomic E-state index is 0.133. The molecule has 0 heterocycles. The summed E-state index contributed by atoms with van der Waals surface area (Å²) in [6, 6.07) is 12.9. The number of halogens is 1. The molecule has 3 rings (SSSR count). The Balaban J connectivity index is 1.74.